The van der Waals surface area contributed by atoms with Crippen molar-refractivity contribution < 1.29 is 23.0 Å². The summed E-state index contributed by atoms with van der Waals surface area (Å²) in [4.78, 5) is 29.4. The van der Waals surface area contributed by atoms with Gasteiger partial charge < -0.3 is 24.6 Å². The molecule has 40 heavy (non-hydrogen) atoms. The van der Waals surface area contributed by atoms with E-state index in [1.54, 1.807) is 20.0 Å². The second-order valence-corrected chi connectivity index (χ2v) is 10.9. The third-order valence-corrected chi connectivity index (χ3v) is 7.72. The van der Waals surface area contributed by atoms with Crippen molar-refractivity contribution in [3.05, 3.63) is 78.2 Å². The number of fused-ring (bicyclic) bond motifs is 1. The molecule has 1 spiro atoms. The van der Waals surface area contributed by atoms with Crippen LogP contribution in [0.3, 0.4) is 0 Å². The third-order valence-electron chi connectivity index (χ3n) is 7.72. The number of anilines is 1. The van der Waals surface area contributed by atoms with Gasteiger partial charge in [0.1, 0.15) is 36.1 Å². The maximum Gasteiger partial charge on any atom is 0.262 e. The number of ether oxygens (including phenoxy) is 2. The topological polar surface area (TPSA) is 92.7 Å². The fourth-order valence-electron chi connectivity index (χ4n) is 5.78. The zero-order valence-electron chi connectivity index (χ0n) is 22.3. The van der Waals surface area contributed by atoms with Crippen LogP contribution in [0.5, 0.6) is 17.2 Å². The average molecular weight is 549 g/mol. The minimum Gasteiger partial charge on any atom is -0.490 e. The van der Waals surface area contributed by atoms with Crippen LogP contribution in [-0.4, -0.2) is 51.0 Å². The van der Waals surface area contributed by atoms with Gasteiger partial charge in [-0.15, -0.1) is 0 Å². The van der Waals surface area contributed by atoms with E-state index in [9.17, 15) is 13.6 Å². The first-order valence-electron chi connectivity index (χ1n) is 13.3. The van der Waals surface area contributed by atoms with E-state index in [0.717, 1.165) is 68.3 Å². The Kier molecular flexibility index (Phi) is 6.83. The zero-order valence-corrected chi connectivity index (χ0v) is 22.3. The standard InChI is InChI=1S/C29H30F2N6O3/c1-18(2)37(8-6-30)28(38)21-9-19(31)3-4-24(21)40-26-14-33-17-35-27(26)36-15-29(16-36)10-20(11-29)39-25-5-7-34-23-13-32-12-22(23)25/h3-9,14,17-18,20,32H,10-13,15-16H2,1-2H3/b8-6+. The lowest BCUT2D eigenvalue weighted by Crippen LogP contribution is -2.65. The molecule has 1 aliphatic carbocycles. The lowest BCUT2D eigenvalue weighted by atomic mass is 9.61. The number of carbonyl (C=O) groups is 1. The number of rotatable bonds is 8. The largest absolute Gasteiger partial charge is 0.490 e. The molecule has 3 aliphatic rings. The van der Waals surface area contributed by atoms with Gasteiger partial charge in [-0.05, 0) is 51.0 Å². The highest BCUT2D eigenvalue weighted by molar-refractivity contribution is 5.97. The Morgan fingerprint density at radius 1 is 1.18 bits per heavy atom. The number of benzene rings is 1. The van der Waals surface area contributed by atoms with Crippen LogP contribution in [0.15, 0.2) is 55.5 Å². The molecule has 1 aromatic carbocycles. The lowest BCUT2D eigenvalue weighted by molar-refractivity contribution is -0.0348. The van der Waals surface area contributed by atoms with E-state index in [2.05, 4.69) is 25.2 Å². The molecule has 11 heteroatoms. The van der Waals surface area contributed by atoms with Gasteiger partial charge in [0, 0.05) is 55.6 Å². The number of nitrogens with zero attached hydrogens (tertiary/aromatic N) is 5. The molecule has 1 saturated carbocycles. The van der Waals surface area contributed by atoms with Gasteiger partial charge in [0.05, 0.1) is 17.5 Å². The van der Waals surface area contributed by atoms with Gasteiger partial charge in [-0.1, -0.05) is 0 Å². The molecule has 0 bridgehead atoms. The predicted molar refractivity (Wildman–Crippen MR) is 143 cm³/mol. The SMILES string of the molecule is CC(C)N(/C=C/F)C(=O)c1cc(F)ccc1Oc1cncnc1N1CC2(CC(Oc3ccnc4c3CNC4)C2)C1. The Morgan fingerprint density at radius 2 is 2.00 bits per heavy atom. The predicted octanol–water partition coefficient (Wildman–Crippen LogP) is 4.75. The fraction of sp³-hybridized carbons (Fsp3) is 0.379. The first-order chi connectivity index (χ1) is 19.4. The highest BCUT2D eigenvalue weighted by atomic mass is 19.1. The van der Waals surface area contributed by atoms with E-state index in [4.69, 9.17) is 9.47 Å². The number of hydrogen-bond donors (Lipinski definition) is 1. The number of pyridine rings is 1. The van der Waals surface area contributed by atoms with E-state index < -0.39 is 11.7 Å². The molecule has 2 aromatic heterocycles. The number of carbonyl (C=O) groups excluding carboxylic acids is 1. The van der Waals surface area contributed by atoms with E-state index in [1.807, 2.05) is 6.07 Å². The molecule has 4 heterocycles. The van der Waals surface area contributed by atoms with Crippen LogP contribution in [0.4, 0.5) is 14.6 Å². The van der Waals surface area contributed by atoms with Crippen molar-refractivity contribution in [1.82, 2.24) is 25.2 Å². The van der Waals surface area contributed by atoms with Crippen LogP contribution in [0, 0.1) is 11.2 Å². The minimum absolute atomic E-state index is 0.0292. The van der Waals surface area contributed by atoms with Gasteiger partial charge in [0.2, 0.25) is 0 Å². The summed E-state index contributed by atoms with van der Waals surface area (Å²) in [5, 5.41) is 3.32. The van der Waals surface area contributed by atoms with Gasteiger partial charge in [0.15, 0.2) is 11.6 Å². The van der Waals surface area contributed by atoms with Gasteiger partial charge >= 0.3 is 0 Å². The monoisotopic (exact) mass is 548 g/mol. The number of aromatic nitrogens is 3. The van der Waals surface area contributed by atoms with Crippen LogP contribution in [-0.2, 0) is 13.1 Å². The first kappa shape index (κ1) is 26.1. The molecule has 1 saturated heterocycles. The van der Waals surface area contributed by atoms with E-state index in [0.29, 0.717) is 11.6 Å². The van der Waals surface area contributed by atoms with Crippen LogP contribution in [0.25, 0.3) is 0 Å². The first-order valence-corrected chi connectivity index (χ1v) is 13.3. The second-order valence-electron chi connectivity index (χ2n) is 10.9. The van der Waals surface area contributed by atoms with Crippen molar-refractivity contribution in [3.63, 3.8) is 0 Å². The van der Waals surface area contributed by atoms with Gasteiger partial charge in [-0.3, -0.25) is 9.78 Å². The van der Waals surface area contributed by atoms with Crippen molar-refractivity contribution in [2.45, 2.75) is 51.9 Å². The Labute approximate surface area is 230 Å². The van der Waals surface area contributed by atoms with Crippen LogP contribution in [0.2, 0.25) is 0 Å². The lowest BCUT2D eigenvalue weighted by Gasteiger charge is -2.58. The van der Waals surface area contributed by atoms with Crippen LogP contribution >= 0.6 is 0 Å². The molecular formula is C29H30F2N6O3. The highest BCUT2D eigenvalue weighted by Gasteiger charge is 2.54. The summed E-state index contributed by atoms with van der Waals surface area (Å²) in [6, 6.07) is 5.27. The van der Waals surface area contributed by atoms with Crippen molar-refractivity contribution in [3.8, 4) is 17.2 Å². The fourth-order valence-corrected chi connectivity index (χ4v) is 5.78. The molecule has 6 rings (SSSR count). The van der Waals surface area contributed by atoms with E-state index in [1.165, 1.54) is 29.6 Å². The van der Waals surface area contributed by atoms with Gasteiger partial charge in [-0.25, -0.2) is 18.7 Å². The van der Waals surface area contributed by atoms with Crippen molar-refractivity contribution >= 4 is 11.7 Å². The highest BCUT2D eigenvalue weighted by Crippen LogP contribution is 2.52. The van der Waals surface area contributed by atoms with E-state index >= 15 is 0 Å². The second kappa shape index (κ2) is 10.5. The molecule has 2 aliphatic heterocycles. The third kappa shape index (κ3) is 4.85. The summed E-state index contributed by atoms with van der Waals surface area (Å²) in [6.07, 6.45) is 8.11. The molecule has 0 atom stereocenters. The Balaban J connectivity index is 1.14. The summed E-state index contributed by atoms with van der Waals surface area (Å²) in [6.45, 7) is 6.60. The Hall–Kier alpha value is -4.12. The molecule has 1 N–H and O–H groups in total. The quantitative estimate of drug-likeness (QED) is 0.432. The molecule has 208 valence electrons. The summed E-state index contributed by atoms with van der Waals surface area (Å²) in [5.74, 6) is 0.799. The van der Waals surface area contributed by atoms with E-state index in [-0.39, 0.29) is 35.2 Å². The zero-order chi connectivity index (χ0) is 27.9. The molecule has 0 radical (unpaired) electrons. The number of amides is 1. The van der Waals surface area contributed by atoms with Gasteiger partial charge in [-0.2, -0.15) is 0 Å². The molecule has 1 amide bonds. The van der Waals surface area contributed by atoms with Crippen LogP contribution < -0.4 is 19.7 Å². The molecule has 2 fully saturated rings. The minimum atomic E-state index is -0.604. The molecule has 9 nitrogen and oxygen atoms in total. The maximum atomic E-state index is 14.2. The molecule has 0 unspecified atom stereocenters. The Morgan fingerprint density at radius 3 is 2.77 bits per heavy atom. The normalized spacial score (nSPS) is 17.6. The summed E-state index contributed by atoms with van der Waals surface area (Å²) in [5.41, 5.74) is 2.32. The average Bonchev–Trinajstić information content (AvgIpc) is 3.39. The van der Waals surface area contributed by atoms with Crippen molar-refractivity contribution in [1.29, 1.82) is 0 Å². The van der Waals surface area contributed by atoms with Crippen molar-refractivity contribution in [2.24, 2.45) is 5.41 Å². The summed E-state index contributed by atoms with van der Waals surface area (Å²) in [7, 11) is 0. The summed E-state index contributed by atoms with van der Waals surface area (Å²) < 4.78 is 39.6. The smallest absolute Gasteiger partial charge is 0.262 e. The maximum absolute atomic E-state index is 14.2. The van der Waals surface area contributed by atoms with Crippen molar-refractivity contribution in [2.75, 3.05) is 18.0 Å². The number of halogens is 2. The molecule has 3 aromatic rings. The number of nitrogens with one attached hydrogen (secondary N) is 1. The Bertz CT molecular complexity index is 1450. The van der Waals surface area contributed by atoms with Gasteiger partial charge in [0.25, 0.3) is 5.91 Å². The summed E-state index contributed by atoms with van der Waals surface area (Å²) >= 11 is 0. The molecular weight excluding hydrogens is 518 g/mol. The number of hydrogen-bond acceptors (Lipinski definition) is 8. The van der Waals surface area contributed by atoms with Crippen LogP contribution in [0.1, 0.15) is 48.3 Å².